The highest BCUT2D eigenvalue weighted by Gasteiger charge is 2.34. The normalized spacial score (nSPS) is 16.6. The van der Waals surface area contributed by atoms with E-state index in [9.17, 15) is 13.6 Å². The summed E-state index contributed by atoms with van der Waals surface area (Å²) in [6.45, 7) is 0.293. The summed E-state index contributed by atoms with van der Waals surface area (Å²) >= 11 is 0. The van der Waals surface area contributed by atoms with Crippen molar-refractivity contribution < 1.29 is 13.6 Å². The number of rotatable bonds is 2. The maximum Gasteiger partial charge on any atom is 0.322 e. The van der Waals surface area contributed by atoms with Gasteiger partial charge in [0.05, 0.1) is 18.3 Å². The summed E-state index contributed by atoms with van der Waals surface area (Å²) < 4.78 is 30.7. The van der Waals surface area contributed by atoms with Gasteiger partial charge in [-0.3, -0.25) is 0 Å². The molecule has 2 heterocycles. The van der Waals surface area contributed by atoms with Gasteiger partial charge in [-0.1, -0.05) is 30.3 Å². The molecule has 0 bridgehead atoms. The highest BCUT2D eigenvalue weighted by molar-refractivity contribution is 5.91. The van der Waals surface area contributed by atoms with Crippen LogP contribution in [0.25, 0.3) is 5.69 Å². The predicted octanol–water partition coefficient (Wildman–Crippen LogP) is 6.77. The summed E-state index contributed by atoms with van der Waals surface area (Å²) in [5.41, 5.74) is 6.32. The van der Waals surface area contributed by atoms with Gasteiger partial charge in [0.1, 0.15) is 11.6 Å². The highest BCUT2D eigenvalue weighted by Crippen LogP contribution is 2.38. The number of anilines is 1. The van der Waals surface area contributed by atoms with E-state index in [0.29, 0.717) is 12.1 Å². The zero-order valence-corrected chi connectivity index (χ0v) is 19.2. The number of fused-ring (bicyclic) bond motifs is 4. The Kier molecular flexibility index (Phi) is 5.36. The maximum absolute atomic E-state index is 14.3. The van der Waals surface area contributed by atoms with Crippen LogP contribution in [0.5, 0.6) is 0 Å². The first kappa shape index (κ1) is 21.6. The Morgan fingerprint density at radius 2 is 1.63 bits per heavy atom. The Hall–Kier alpha value is -3.93. The van der Waals surface area contributed by atoms with Crippen LogP contribution in [0.1, 0.15) is 46.8 Å². The summed E-state index contributed by atoms with van der Waals surface area (Å²) in [7, 11) is 0. The molecule has 4 nitrogen and oxygen atoms in total. The van der Waals surface area contributed by atoms with E-state index in [1.807, 2.05) is 59.3 Å². The molecule has 176 valence electrons. The average molecular weight is 470 g/mol. The number of hydrogen-bond donors (Lipinski definition) is 1. The standard InChI is InChI=1S/C29H25F2N3O/c30-22-15-21(16-23(31)17-22)28-27-13-6-14-33(27)26-12-4-2-8-20(26)18-34(28)29(35)32-25-11-5-9-19-7-1-3-10-24(19)25/h2,4-6,8-9,11-17,28H,1,3,7,10,18H2,(H,32,35)/t28-/m0/s1. The van der Waals surface area contributed by atoms with E-state index in [0.717, 1.165) is 54.4 Å². The number of aromatic nitrogens is 1. The molecule has 1 N–H and O–H groups in total. The van der Waals surface area contributed by atoms with Crippen LogP contribution in [0.3, 0.4) is 0 Å². The lowest BCUT2D eigenvalue weighted by atomic mass is 9.90. The largest absolute Gasteiger partial charge is 0.322 e. The Morgan fingerprint density at radius 3 is 2.49 bits per heavy atom. The second-order valence-corrected chi connectivity index (χ2v) is 9.25. The fourth-order valence-electron chi connectivity index (χ4n) is 5.51. The summed E-state index contributed by atoms with van der Waals surface area (Å²) in [5, 5.41) is 3.14. The van der Waals surface area contributed by atoms with E-state index in [1.54, 1.807) is 4.90 Å². The number of nitrogens with one attached hydrogen (secondary N) is 1. The minimum absolute atomic E-state index is 0.293. The summed E-state index contributed by atoms with van der Waals surface area (Å²) in [4.78, 5) is 15.6. The first-order chi connectivity index (χ1) is 17.1. The lowest BCUT2D eigenvalue weighted by Gasteiger charge is -2.31. The summed E-state index contributed by atoms with van der Waals surface area (Å²) in [6, 6.07) is 20.2. The number of carbonyl (C=O) groups excluding carboxylic acids is 1. The van der Waals surface area contributed by atoms with Gasteiger partial charge in [0.25, 0.3) is 0 Å². The third-order valence-electron chi connectivity index (χ3n) is 7.06. The molecule has 1 aromatic heterocycles. The quantitative estimate of drug-likeness (QED) is 0.346. The number of halogens is 2. The van der Waals surface area contributed by atoms with Gasteiger partial charge in [-0.2, -0.15) is 0 Å². The van der Waals surface area contributed by atoms with Crippen molar-refractivity contribution in [3.05, 3.63) is 119 Å². The molecule has 1 aliphatic carbocycles. The van der Waals surface area contributed by atoms with Crippen LogP contribution in [0.4, 0.5) is 19.3 Å². The minimum atomic E-state index is -0.679. The van der Waals surface area contributed by atoms with Gasteiger partial charge in [0.15, 0.2) is 0 Å². The van der Waals surface area contributed by atoms with Crippen molar-refractivity contribution in [2.45, 2.75) is 38.3 Å². The van der Waals surface area contributed by atoms with Gasteiger partial charge in [0, 0.05) is 23.6 Å². The first-order valence-corrected chi connectivity index (χ1v) is 12.0. The van der Waals surface area contributed by atoms with Crippen molar-refractivity contribution in [1.29, 1.82) is 0 Å². The third-order valence-corrected chi connectivity index (χ3v) is 7.06. The molecule has 6 rings (SSSR count). The maximum atomic E-state index is 14.3. The Morgan fingerprint density at radius 1 is 0.857 bits per heavy atom. The topological polar surface area (TPSA) is 37.3 Å². The van der Waals surface area contributed by atoms with Crippen molar-refractivity contribution >= 4 is 11.7 Å². The molecule has 0 radical (unpaired) electrons. The van der Waals surface area contributed by atoms with Crippen molar-refractivity contribution in [2.75, 3.05) is 5.32 Å². The van der Waals surface area contributed by atoms with Crippen LogP contribution in [-0.4, -0.2) is 15.5 Å². The molecular weight excluding hydrogens is 444 g/mol. The van der Waals surface area contributed by atoms with E-state index < -0.39 is 17.7 Å². The van der Waals surface area contributed by atoms with Gasteiger partial charge < -0.3 is 14.8 Å². The molecule has 1 atom stereocenters. The van der Waals surface area contributed by atoms with E-state index in [4.69, 9.17) is 0 Å². The zero-order valence-electron chi connectivity index (χ0n) is 19.2. The fourth-order valence-corrected chi connectivity index (χ4v) is 5.51. The number of carbonyl (C=O) groups is 1. The van der Waals surface area contributed by atoms with Crippen LogP contribution in [0.15, 0.2) is 79.0 Å². The first-order valence-electron chi connectivity index (χ1n) is 12.0. The lowest BCUT2D eigenvalue weighted by molar-refractivity contribution is 0.194. The number of hydrogen-bond acceptors (Lipinski definition) is 1. The van der Waals surface area contributed by atoms with Crippen molar-refractivity contribution in [1.82, 2.24) is 9.47 Å². The fraction of sp³-hybridized carbons (Fsp3) is 0.207. The second-order valence-electron chi connectivity index (χ2n) is 9.25. The number of urea groups is 1. The second kappa shape index (κ2) is 8.69. The van der Waals surface area contributed by atoms with Gasteiger partial charge in [-0.15, -0.1) is 0 Å². The van der Waals surface area contributed by atoms with Crippen LogP contribution in [0.2, 0.25) is 0 Å². The Balaban J connectivity index is 1.47. The van der Waals surface area contributed by atoms with Gasteiger partial charge >= 0.3 is 6.03 Å². The lowest BCUT2D eigenvalue weighted by Crippen LogP contribution is -2.38. The summed E-state index contributed by atoms with van der Waals surface area (Å²) in [6.07, 6.45) is 6.10. The molecule has 1 aliphatic heterocycles. The molecule has 0 fully saturated rings. The SMILES string of the molecule is O=C(Nc1cccc2c1CCCC2)N1Cc2ccccc2-n2cccc2[C@@H]1c1cc(F)cc(F)c1. The molecule has 2 aliphatic rings. The van der Waals surface area contributed by atoms with E-state index in [1.165, 1.54) is 23.3 Å². The van der Waals surface area contributed by atoms with Crippen LogP contribution < -0.4 is 5.32 Å². The highest BCUT2D eigenvalue weighted by atomic mass is 19.1. The van der Waals surface area contributed by atoms with E-state index >= 15 is 0 Å². The molecule has 35 heavy (non-hydrogen) atoms. The number of benzene rings is 3. The smallest absolute Gasteiger partial charge is 0.318 e. The molecule has 2 amide bonds. The molecule has 4 aromatic rings. The molecule has 0 saturated carbocycles. The molecule has 3 aromatic carbocycles. The van der Waals surface area contributed by atoms with Crippen molar-refractivity contribution in [2.24, 2.45) is 0 Å². The molecular formula is C29H25F2N3O. The average Bonchev–Trinajstić information content (AvgIpc) is 3.27. The summed E-state index contributed by atoms with van der Waals surface area (Å²) in [5.74, 6) is -1.34. The van der Waals surface area contributed by atoms with Crippen LogP contribution >= 0.6 is 0 Å². The van der Waals surface area contributed by atoms with Crippen LogP contribution in [-0.2, 0) is 19.4 Å². The number of aryl methyl sites for hydroxylation is 1. The van der Waals surface area contributed by atoms with Gasteiger partial charge in [0.2, 0.25) is 0 Å². The minimum Gasteiger partial charge on any atom is -0.318 e. The number of nitrogens with zero attached hydrogens (tertiary/aromatic N) is 2. The molecule has 6 heteroatoms. The van der Waals surface area contributed by atoms with Crippen molar-refractivity contribution in [3.63, 3.8) is 0 Å². The van der Waals surface area contributed by atoms with Gasteiger partial charge in [-0.25, -0.2) is 13.6 Å². The number of para-hydroxylation sites is 1. The molecule has 0 unspecified atom stereocenters. The van der Waals surface area contributed by atoms with E-state index in [-0.39, 0.29) is 6.03 Å². The predicted molar refractivity (Wildman–Crippen MR) is 132 cm³/mol. The monoisotopic (exact) mass is 469 g/mol. The zero-order chi connectivity index (χ0) is 23.9. The Labute approximate surface area is 202 Å². The van der Waals surface area contributed by atoms with E-state index in [2.05, 4.69) is 11.4 Å². The third kappa shape index (κ3) is 3.89. The Bertz CT molecular complexity index is 1410. The van der Waals surface area contributed by atoms with Crippen LogP contribution in [0, 0.1) is 11.6 Å². The molecule has 0 saturated heterocycles. The molecule has 0 spiro atoms. The van der Waals surface area contributed by atoms with Crippen molar-refractivity contribution in [3.8, 4) is 5.69 Å². The van der Waals surface area contributed by atoms with Gasteiger partial charge in [-0.05, 0) is 84.3 Å². The number of amides is 2.